The third-order valence-corrected chi connectivity index (χ3v) is 3.80. The van der Waals surface area contributed by atoms with E-state index in [9.17, 15) is 0 Å². The molecule has 1 saturated heterocycles. The first-order chi connectivity index (χ1) is 8.65. The lowest BCUT2D eigenvalue weighted by Gasteiger charge is -2.34. The minimum Gasteiger partial charge on any atom is -0.492 e. The Labute approximate surface area is 114 Å². The molecule has 0 aliphatic carbocycles. The number of likely N-dealkylation sites (tertiary alicyclic amines) is 1. The molecular weight excluding hydrogens is 248 g/mol. The zero-order chi connectivity index (χ0) is 13.0. The summed E-state index contributed by atoms with van der Waals surface area (Å²) >= 11 is 5.82. The van der Waals surface area contributed by atoms with E-state index < -0.39 is 0 Å². The fourth-order valence-corrected chi connectivity index (χ4v) is 2.40. The van der Waals surface area contributed by atoms with Gasteiger partial charge in [0.1, 0.15) is 12.4 Å². The summed E-state index contributed by atoms with van der Waals surface area (Å²) in [4.78, 5) is 2.42. The lowest BCUT2D eigenvalue weighted by molar-refractivity contribution is 0.140. The number of halogens is 1. The zero-order valence-electron chi connectivity index (χ0n) is 10.8. The number of nitrogens with two attached hydrogens (primary N) is 1. The maximum atomic E-state index is 6.00. The van der Waals surface area contributed by atoms with Gasteiger partial charge in [-0.3, -0.25) is 4.90 Å². The van der Waals surface area contributed by atoms with Gasteiger partial charge < -0.3 is 10.5 Å². The predicted octanol–water partition coefficient (Wildman–Crippen LogP) is 2.39. The van der Waals surface area contributed by atoms with Crippen LogP contribution < -0.4 is 10.5 Å². The predicted molar refractivity (Wildman–Crippen MR) is 75.1 cm³/mol. The fraction of sp³-hybridized carbons (Fsp3) is 0.571. The first kappa shape index (κ1) is 13.7. The number of ether oxygens (including phenoxy) is 1. The van der Waals surface area contributed by atoms with E-state index in [0.29, 0.717) is 18.6 Å². The van der Waals surface area contributed by atoms with Crippen LogP contribution in [0.25, 0.3) is 0 Å². The van der Waals surface area contributed by atoms with E-state index >= 15 is 0 Å². The molecule has 2 atom stereocenters. The van der Waals surface area contributed by atoms with E-state index in [2.05, 4.69) is 11.8 Å². The average Bonchev–Trinajstić information content (AvgIpc) is 2.36. The summed E-state index contributed by atoms with van der Waals surface area (Å²) in [6.07, 6.45) is 1.09. The molecule has 1 heterocycles. The van der Waals surface area contributed by atoms with Crippen LogP contribution in [0.1, 0.15) is 13.3 Å². The van der Waals surface area contributed by atoms with Gasteiger partial charge in [-0.2, -0.15) is 0 Å². The second kappa shape index (κ2) is 6.41. The Morgan fingerprint density at radius 1 is 1.39 bits per heavy atom. The normalized spacial score (nSPS) is 25.1. The molecule has 100 valence electrons. The number of benzene rings is 1. The third kappa shape index (κ3) is 3.87. The molecule has 0 spiro atoms. The van der Waals surface area contributed by atoms with Gasteiger partial charge in [-0.25, -0.2) is 0 Å². The summed E-state index contributed by atoms with van der Waals surface area (Å²) in [6, 6.07) is 7.85. The molecule has 0 radical (unpaired) electrons. The van der Waals surface area contributed by atoms with E-state index in [-0.39, 0.29) is 0 Å². The van der Waals surface area contributed by atoms with Gasteiger partial charge in [-0.05, 0) is 43.1 Å². The van der Waals surface area contributed by atoms with Gasteiger partial charge in [0, 0.05) is 24.2 Å². The van der Waals surface area contributed by atoms with Crippen LogP contribution in [0.15, 0.2) is 24.3 Å². The molecule has 2 N–H and O–H groups in total. The topological polar surface area (TPSA) is 38.5 Å². The SMILES string of the molecule is CC1CN(CCOc2ccc(Cl)cc2)CCC1N. The lowest BCUT2D eigenvalue weighted by atomic mass is 9.95. The molecule has 1 aliphatic rings. The van der Waals surface area contributed by atoms with Crippen molar-refractivity contribution >= 4 is 11.6 Å². The molecule has 2 rings (SSSR count). The van der Waals surface area contributed by atoms with Crippen molar-refractivity contribution in [1.29, 1.82) is 0 Å². The van der Waals surface area contributed by atoms with Crippen LogP contribution >= 0.6 is 11.6 Å². The summed E-state index contributed by atoms with van der Waals surface area (Å²) in [7, 11) is 0. The lowest BCUT2D eigenvalue weighted by Crippen LogP contribution is -2.46. The summed E-state index contributed by atoms with van der Waals surface area (Å²) in [6.45, 7) is 6.04. The van der Waals surface area contributed by atoms with Gasteiger partial charge in [0.05, 0.1) is 0 Å². The highest BCUT2D eigenvalue weighted by atomic mass is 35.5. The van der Waals surface area contributed by atoms with Gasteiger partial charge in [0.15, 0.2) is 0 Å². The van der Waals surface area contributed by atoms with Crippen molar-refractivity contribution in [2.24, 2.45) is 11.7 Å². The Kier molecular flexibility index (Phi) is 4.87. The van der Waals surface area contributed by atoms with Crippen molar-refractivity contribution in [3.63, 3.8) is 0 Å². The monoisotopic (exact) mass is 268 g/mol. The molecule has 0 saturated carbocycles. The molecule has 2 unspecified atom stereocenters. The van der Waals surface area contributed by atoms with Crippen LogP contribution in [0.5, 0.6) is 5.75 Å². The molecule has 3 nitrogen and oxygen atoms in total. The maximum Gasteiger partial charge on any atom is 0.119 e. The van der Waals surface area contributed by atoms with Gasteiger partial charge in [0.2, 0.25) is 0 Å². The van der Waals surface area contributed by atoms with Crippen molar-refractivity contribution in [3.8, 4) is 5.75 Å². The average molecular weight is 269 g/mol. The van der Waals surface area contributed by atoms with Gasteiger partial charge in [-0.15, -0.1) is 0 Å². The van der Waals surface area contributed by atoms with Crippen molar-refractivity contribution in [1.82, 2.24) is 4.90 Å². The van der Waals surface area contributed by atoms with Crippen molar-refractivity contribution in [2.45, 2.75) is 19.4 Å². The van der Waals surface area contributed by atoms with E-state index in [1.165, 1.54) is 0 Å². The van der Waals surface area contributed by atoms with E-state index in [1.54, 1.807) is 0 Å². The minimum atomic E-state index is 0.360. The molecule has 1 fully saturated rings. The quantitative estimate of drug-likeness (QED) is 0.911. The molecular formula is C14H21ClN2O. The fourth-order valence-electron chi connectivity index (χ4n) is 2.28. The van der Waals surface area contributed by atoms with Crippen LogP contribution in [-0.2, 0) is 0 Å². The van der Waals surface area contributed by atoms with Gasteiger partial charge in [-0.1, -0.05) is 18.5 Å². The summed E-state index contributed by atoms with van der Waals surface area (Å²) < 4.78 is 5.69. The van der Waals surface area contributed by atoms with Crippen molar-refractivity contribution < 1.29 is 4.74 Å². The first-order valence-electron chi connectivity index (χ1n) is 6.51. The summed E-state index contributed by atoms with van der Waals surface area (Å²) in [5.74, 6) is 1.45. The second-order valence-electron chi connectivity index (χ2n) is 5.03. The summed E-state index contributed by atoms with van der Waals surface area (Å²) in [5.41, 5.74) is 6.00. The molecule has 0 aromatic heterocycles. The number of piperidine rings is 1. The third-order valence-electron chi connectivity index (χ3n) is 3.55. The highest BCUT2D eigenvalue weighted by molar-refractivity contribution is 6.30. The molecule has 0 amide bonds. The first-order valence-corrected chi connectivity index (χ1v) is 6.89. The Morgan fingerprint density at radius 3 is 2.78 bits per heavy atom. The molecule has 1 aromatic rings. The number of nitrogens with zero attached hydrogens (tertiary/aromatic N) is 1. The smallest absolute Gasteiger partial charge is 0.119 e. The molecule has 4 heteroatoms. The molecule has 1 aliphatic heterocycles. The number of hydrogen-bond acceptors (Lipinski definition) is 3. The molecule has 18 heavy (non-hydrogen) atoms. The molecule has 1 aromatic carbocycles. The van der Waals surface area contributed by atoms with Crippen LogP contribution in [0.2, 0.25) is 5.02 Å². The Morgan fingerprint density at radius 2 is 2.11 bits per heavy atom. The number of hydrogen-bond donors (Lipinski definition) is 1. The number of rotatable bonds is 4. The van der Waals surface area contributed by atoms with E-state index in [1.807, 2.05) is 24.3 Å². The van der Waals surface area contributed by atoms with Crippen LogP contribution in [-0.4, -0.2) is 37.2 Å². The Balaban J connectivity index is 1.71. The largest absolute Gasteiger partial charge is 0.492 e. The van der Waals surface area contributed by atoms with Crippen LogP contribution in [0.4, 0.5) is 0 Å². The second-order valence-corrected chi connectivity index (χ2v) is 5.47. The maximum absolute atomic E-state index is 6.00. The minimum absolute atomic E-state index is 0.360. The summed E-state index contributed by atoms with van der Waals surface area (Å²) in [5, 5.41) is 0.737. The van der Waals surface area contributed by atoms with Crippen LogP contribution in [0, 0.1) is 5.92 Å². The van der Waals surface area contributed by atoms with Crippen molar-refractivity contribution in [3.05, 3.63) is 29.3 Å². The van der Waals surface area contributed by atoms with Crippen molar-refractivity contribution in [2.75, 3.05) is 26.2 Å². The highest BCUT2D eigenvalue weighted by Gasteiger charge is 2.22. The van der Waals surface area contributed by atoms with Gasteiger partial charge in [0.25, 0.3) is 0 Å². The van der Waals surface area contributed by atoms with E-state index in [4.69, 9.17) is 22.1 Å². The Bertz CT molecular complexity index is 369. The standard InChI is InChI=1S/C14H21ClN2O/c1-11-10-17(7-6-14(11)16)8-9-18-13-4-2-12(15)3-5-13/h2-5,11,14H,6-10,16H2,1H3. The molecule has 0 bridgehead atoms. The highest BCUT2D eigenvalue weighted by Crippen LogP contribution is 2.17. The van der Waals surface area contributed by atoms with Crippen LogP contribution in [0.3, 0.4) is 0 Å². The van der Waals surface area contributed by atoms with E-state index in [0.717, 1.165) is 36.8 Å². The zero-order valence-corrected chi connectivity index (χ0v) is 11.6. The van der Waals surface area contributed by atoms with Gasteiger partial charge >= 0.3 is 0 Å². The Hall–Kier alpha value is -0.770.